The lowest BCUT2D eigenvalue weighted by Crippen LogP contribution is -2.48. The van der Waals surface area contributed by atoms with Gasteiger partial charge in [0.25, 0.3) is 0 Å². The van der Waals surface area contributed by atoms with Gasteiger partial charge in [-0.05, 0) is 48.6 Å². The van der Waals surface area contributed by atoms with Crippen LogP contribution in [0.25, 0.3) is 0 Å². The number of nitrogens with zero attached hydrogens (tertiary/aromatic N) is 2. The van der Waals surface area contributed by atoms with Crippen LogP contribution in [0.1, 0.15) is 39.9 Å². The highest BCUT2D eigenvalue weighted by Crippen LogP contribution is 2.35. The average molecular weight is 408 g/mol. The van der Waals surface area contributed by atoms with E-state index in [-0.39, 0.29) is 36.6 Å². The largest absolute Gasteiger partial charge is 0.478 e. The summed E-state index contributed by atoms with van der Waals surface area (Å²) in [4.78, 5) is 39.9. The van der Waals surface area contributed by atoms with Gasteiger partial charge in [-0.15, -0.1) is 0 Å². The monoisotopic (exact) mass is 408 g/mol. The van der Waals surface area contributed by atoms with E-state index >= 15 is 0 Å². The number of aryl methyl sites for hydroxylation is 1. The second-order valence-corrected chi connectivity index (χ2v) is 7.80. The zero-order chi connectivity index (χ0) is 21.3. The van der Waals surface area contributed by atoms with Gasteiger partial charge in [0.2, 0.25) is 5.91 Å². The van der Waals surface area contributed by atoms with Crippen molar-refractivity contribution in [3.05, 3.63) is 64.7 Å². The van der Waals surface area contributed by atoms with Gasteiger partial charge in [0.05, 0.1) is 12.0 Å². The predicted octanol–water partition coefficient (Wildman–Crippen LogP) is 3.38. The Morgan fingerprint density at radius 3 is 2.50 bits per heavy atom. The van der Waals surface area contributed by atoms with Crippen LogP contribution >= 0.6 is 0 Å². The number of benzene rings is 2. The first-order chi connectivity index (χ1) is 14.4. The molecule has 0 aliphatic carbocycles. The summed E-state index contributed by atoms with van der Waals surface area (Å²) in [6, 6.07) is 12.9. The molecule has 0 saturated carbocycles. The van der Waals surface area contributed by atoms with E-state index in [1.807, 2.05) is 30.3 Å². The number of hydrogen-bond acceptors (Lipinski definition) is 4. The third-order valence-corrected chi connectivity index (χ3v) is 5.82. The number of rotatable bonds is 4. The van der Waals surface area contributed by atoms with Crippen molar-refractivity contribution in [2.75, 3.05) is 18.0 Å². The second kappa shape index (κ2) is 8.18. The lowest BCUT2D eigenvalue weighted by atomic mass is 10.0. The molecule has 2 amide bonds. The Bertz CT molecular complexity index is 981. The van der Waals surface area contributed by atoms with Gasteiger partial charge in [-0.1, -0.05) is 30.3 Å². The van der Waals surface area contributed by atoms with Gasteiger partial charge < -0.3 is 19.6 Å². The Kier molecular flexibility index (Phi) is 5.44. The summed E-state index contributed by atoms with van der Waals surface area (Å²) >= 11 is 0. The minimum atomic E-state index is -0.983. The molecule has 2 aliphatic heterocycles. The van der Waals surface area contributed by atoms with E-state index in [9.17, 15) is 19.5 Å². The molecule has 2 aromatic carbocycles. The molecule has 0 radical (unpaired) electrons. The fourth-order valence-electron chi connectivity index (χ4n) is 4.23. The Labute approximate surface area is 174 Å². The van der Waals surface area contributed by atoms with Crippen LogP contribution in [0.5, 0.6) is 0 Å². The Morgan fingerprint density at radius 2 is 1.83 bits per heavy atom. The van der Waals surface area contributed by atoms with Crippen molar-refractivity contribution in [1.29, 1.82) is 0 Å². The highest BCUT2D eigenvalue weighted by Gasteiger charge is 2.36. The molecule has 0 atom stereocenters. The second-order valence-electron chi connectivity index (χ2n) is 7.80. The lowest BCUT2D eigenvalue weighted by molar-refractivity contribution is -0.118. The molecule has 1 fully saturated rings. The lowest BCUT2D eigenvalue weighted by Gasteiger charge is -2.36. The maximum atomic E-state index is 12.7. The van der Waals surface area contributed by atoms with Crippen molar-refractivity contribution < 1.29 is 24.2 Å². The number of likely N-dealkylation sites (tertiary alicyclic amines) is 1. The minimum Gasteiger partial charge on any atom is -0.478 e. The van der Waals surface area contributed by atoms with Gasteiger partial charge in [0, 0.05) is 24.8 Å². The highest BCUT2D eigenvalue weighted by molar-refractivity contribution is 6.03. The number of ether oxygens (including phenoxy) is 1. The molecule has 1 N–H and O–H groups in total. The van der Waals surface area contributed by atoms with Gasteiger partial charge >= 0.3 is 12.1 Å². The summed E-state index contributed by atoms with van der Waals surface area (Å²) in [5.74, 6) is -0.999. The van der Waals surface area contributed by atoms with Crippen LogP contribution in [-0.2, 0) is 22.6 Å². The van der Waals surface area contributed by atoms with E-state index in [4.69, 9.17) is 4.74 Å². The standard InChI is InChI=1S/C23H24N2O5/c1-15-11-20-17(12-19(15)22(27)28)13-21(26)25(20)18-7-9-24(10-8-18)23(29)30-14-16-5-3-2-4-6-16/h2-6,11-12,18H,7-10,13-14H2,1H3,(H,27,28). The van der Waals surface area contributed by atoms with Crippen LogP contribution in [0.15, 0.2) is 42.5 Å². The van der Waals surface area contributed by atoms with Crippen molar-refractivity contribution >= 4 is 23.7 Å². The molecule has 4 rings (SSSR count). The minimum absolute atomic E-state index is 0.00741. The van der Waals surface area contributed by atoms with Crippen LogP contribution in [0, 0.1) is 6.92 Å². The molecule has 156 valence electrons. The van der Waals surface area contributed by atoms with Gasteiger partial charge in [0.1, 0.15) is 6.61 Å². The van der Waals surface area contributed by atoms with Crippen LogP contribution in [0.2, 0.25) is 0 Å². The zero-order valence-electron chi connectivity index (χ0n) is 16.8. The molecular formula is C23H24N2O5. The van der Waals surface area contributed by atoms with Gasteiger partial charge in [-0.3, -0.25) is 4.79 Å². The molecule has 0 spiro atoms. The van der Waals surface area contributed by atoms with Crippen molar-refractivity contribution in [3.8, 4) is 0 Å². The van der Waals surface area contributed by atoms with E-state index in [0.29, 0.717) is 31.5 Å². The van der Waals surface area contributed by atoms with Crippen molar-refractivity contribution in [2.45, 2.75) is 38.8 Å². The van der Waals surface area contributed by atoms with E-state index < -0.39 is 5.97 Å². The number of aromatic carboxylic acids is 1. The molecule has 7 heteroatoms. The number of carbonyl (C=O) groups is 3. The summed E-state index contributed by atoms with van der Waals surface area (Å²) in [5, 5.41) is 9.33. The number of amides is 2. The Balaban J connectivity index is 1.39. The topological polar surface area (TPSA) is 87.2 Å². The molecule has 0 bridgehead atoms. The van der Waals surface area contributed by atoms with Crippen molar-refractivity contribution in [2.24, 2.45) is 0 Å². The average Bonchev–Trinajstić information content (AvgIpc) is 3.06. The van der Waals surface area contributed by atoms with Crippen molar-refractivity contribution in [1.82, 2.24) is 4.90 Å². The molecular weight excluding hydrogens is 384 g/mol. The molecule has 0 aromatic heterocycles. The SMILES string of the molecule is Cc1cc2c(cc1C(=O)O)CC(=O)N2C1CCN(C(=O)OCc2ccccc2)CC1. The van der Waals surface area contributed by atoms with Crippen LogP contribution in [-0.4, -0.2) is 47.1 Å². The first kappa shape index (κ1) is 19.9. The first-order valence-electron chi connectivity index (χ1n) is 10.1. The number of carbonyl (C=O) groups excluding carboxylic acids is 2. The van der Waals surface area contributed by atoms with E-state index in [0.717, 1.165) is 16.8 Å². The molecule has 7 nitrogen and oxygen atoms in total. The number of piperidine rings is 1. The van der Waals surface area contributed by atoms with Crippen LogP contribution < -0.4 is 4.90 Å². The van der Waals surface area contributed by atoms with Gasteiger partial charge in [-0.25, -0.2) is 9.59 Å². The number of anilines is 1. The number of carboxylic acid groups (broad SMARTS) is 1. The summed E-state index contributed by atoms with van der Waals surface area (Å²) in [6.45, 7) is 3.02. The number of hydrogen-bond donors (Lipinski definition) is 1. The number of carboxylic acids is 1. The van der Waals surface area contributed by atoms with Crippen molar-refractivity contribution in [3.63, 3.8) is 0 Å². The zero-order valence-corrected chi connectivity index (χ0v) is 16.8. The quantitative estimate of drug-likeness (QED) is 0.838. The van der Waals surface area contributed by atoms with Crippen LogP contribution in [0.4, 0.5) is 10.5 Å². The molecule has 0 unspecified atom stereocenters. The summed E-state index contributed by atoms with van der Waals surface area (Å²) < 4.78 is 5.41. The fraction of sp³-hybridized carbons (Fsp3) is 0.348. The number of fused-ring (bicyclic) bond motifs is 1. The summed E-state index contributed by atoms with van der Waals surface area (Å²) in [6.07, 6.45) is 1.19. The summed E-state index contributed by atoms with van der Waals surface area (Å²) in [7, 11) is 0. The molecule has 30 heavy (non-hydrogen) atoms. The molecule has 2 aliphatic rings. The normalized spacial score (nSPS) is 16.5. The maximum absolute atomic E-state index is 12.7. The highest BCUT2D eigenvalue weighted by atomic mass is 16.6. The van der Waals surface area contributed by atoms with E-state index in [2.05, 4.69) is 0 Å². The summed E-state index contributed by atoms with van der Waals surface area (Å²) in [5.41, 5.74) is 3.37. The Morgan fingerprint density at radius 1 is 1.13 bits per heavy atom. The van der Waals surface area contributed by atoms with E-state index in [1.165, 1.54) is 0 Å². The third kappa shape index (κ3) is 3.87. The molecule has 2 heterocycles. The third-order valence-electron chi connectivity index (χ3n) is 5.82. The van der Waals surface area contributed by atoms with Gasteiger partial charge in [0.15, 0.2) is 0 Å². The smallest absolute Gasteiger partial charge is 0.410 e. The fourth-order valence-corrected chi connectivity index (χ4v) is 4.23. The van der Waals surface area contributed by atoms with Crippen LogP contribution in [0.3, 0.4) is 0 Å². The maximum Gasteiger partial charge on any atom is 0.410 e. The van der Waals surface area contributed by atoms with Gasteiger partial charge in [-0.2, -0.15) is 0 Å². The molecule has 2 aromatic rings. The van der Waals surface area contributed by atoms with E-state index in [1.54, 1.807) is 28.9 Å². The molecule has 1 saturated heterocycles. The first-order valence-corrected chi connectivity index (χ1v) is 10.1. The Hall–Kier alpha value is -3.35. The predicted molar refractivity (Wildman–Crippen MR) is 111 cm³/mol.